The van der Waals surface area contributed by atoms with Crippen molar-refractivity contribution in [3.63, 3.8) is 0 Å². The third kappa shape index (κ3) is 5.53. The Kier molecular flexibility index (Phi) is 7.80. The number of carbonyl (C=O) groups excluding carboxylic acids is 1. The zero-order valence-electron chi connectivity index (χ0n) is 19.8. The second-order valence-electron chi connectivity index (χ2n) is 8.74. The van der Waals surface area contributed by atoms with E-state index in [4.69, 9.17) is 4.74 Å². The van der Waals surface area contributed by atoms with Gasteiger partial charge in [0.2, 0.25) is 20.0 Å². The van der Waals surface area contributed by atoms with Gasteiger partial charge < -0.3 is 10.1 Å². The topological polar surface area (TPSA) is 113 Å². The van der Waals surface area contributed by atoms with Crippen molar-refractivity contribution in [1.82, 2.24) is 13.9 Å². The van der Waals surface area contributed by atoms with Crippen molar-refractivity contribution >= 4 is 26.0 Å². The number of rotatable bonds is 9. The highest BCUT2D eigenvalue weighted by Gasteiger charge is 2.31. The van der Waals surface area contributed by atoms with Gasteiger partial charge in [0, 0.05) is 38.3 Å². The van der Waals surface area contributed by atoms with Gasteiger partial charge in [-0.25, -0.2) is 16.8 Å². The van der Waals surface area contributed by atoms with Crippen LogP contribution in [-0.4, -0.2) is 71.2 Å². The minimum Gasteiger partial charge on any atom is -0.495 e. The number of nitrogens with one attached hydrogen (secondary N) is 1. The van der Waals surface area contributed by atoms with E-state index in [1.807, 2.05) is 0 Å². The van der Waals surface area contributed by atoms with Crippen LogP contribution in [0.2, 0.25) is 0 Å². The van der Waals surface area contributed by atoms with Crippen LogP contribution >= 0.6 is 0 Å². The van der Waals surface area contributed by atoms with Gasteiger partial charge in [0.1, 0.15) is 10.6 Å². The van der Waals surface area contributed by atoms with Crippen LogP contribution in [0.25, 0.3) is 0 Å². The summed E-state index contributed by atoms with van der Waals surface area (Å²) >= 11 is 0. The fourth-order valence-corrected chi connectivity index (χ4v) is 7.63. The van der Waals surface area contributed by atoms with Crippen LogP contribution in [-0.2, 0) is 26.5 Å². The van der Waals surface area contributed by atoms with E-state index in [9.17, 15) is 21.6 Å². The Morgan fingerprint density at radius 2 is 1.43 bits per heavy atom. The molecule has 190 valence electrons. The molecular weight excluding hydrogens is 490 g/mol. The van der Waals surface area contributed by atoms with Crippen molar-refractivity contribution < 1.29 is 26.4 Å². The molecule has 0 atom stereocenters. The van der Waals surface area contributed by atoms with E-state index in [-0.39, 0.29) is 21.1 Å². The second kappa shape index (κ2) is 10.7. The van der Waals surface area contributed by atoms with Gasteiger partial charge in [0.05, 0.1) is 12.0 Å². The summed E-state index contributed by atoms with van der Waals surface area (Å²) in [5.41, 5.74) is 1.12. The van der Waals surface area contributed by atoms with Crippen molar-refractivity contribution in [3.05, 3.63) is 53.6 Å². The summed E-state index contributed by atoms with van der Waals surface area (Å²) in [6, 6.07) is 11.1. The summed E-state index contributed by atoms with van der Waals surface area (Å²) in [7, 11) is -5.80. The Morgan fingerprint density at radius 3 is 2.00 bits per heavy atom. The Balaban J connectivity index is 1.39. The molecule has 11 heteroatoms. The Morgan fingerprint density at radius 1 is 0.857 bits per heavy atom. The molecule has 9 nitrogen and oxygen atoms in total. The van der Waals surface area contributed by atoms with Crippen LogP contribution in [0.15, 0.2) is 52.3 Å². The van der Waals surface area contributed by atoms with Crippen LogP contribution < -0.4 is 10.1 Å². The minimum atomic E-state index is -3.75. The lowest BCUT2D eigenvalue weighted by atomic mass is 10.1. The van der Waals surface area contributed by atoms with Gasteiger partial charge in [-0.3, -0.25) is 4.79 Å². The lowest BCUT2D eigenvalue weighted by Crippen LogP contribution is -2.29. The largest absolute Gasteiger partial charge is 0.495 e. The summed E-state index contributed by atoms with van der Waals surface area (Å²) in [4.78, 5) is 13.0. The van der Waals surface area contributed by atoms with E-state index in [1.165, 1.54) is 33.9 Å². The molecule has 0 aromatic heterocycles. The van der Waals surface area contributed by atoms with Crippen molar-refractivity contribution in [2.75, 3.05) is 39.8 Å². The quantitative estimate of drug-likeness (QED) is 0.542. The van der Waals surface area contributed by atoms with Gasteiger partial charge in [-0.1, -0.05) is 12.1 Å². The van der Waals surface area contributed by atoms with E-state index in [1.54, 1.807) is 24.3 Å². The van der Waals surface area contributed by atoms with Gasteiger partial charge in [0.25, 0.3) is 5.91 Å². The highest BCUT2D eigenvalue weighted by atomic mass is 32.2. The lowest BCUT2D eigenvalue weighted by Gasteiger charge is -2.18. The molecule has 2 aromatic rings. The maximum absolute atomic E-state index is 13.0. The second-order valence-corrected chi connectivity index (χ2v) is 12.6. The van der Waals surface area contributed by atoms with Gasteiger partial charge in [-0.05, 0) is 68.0 Å². The molecule has 0 aliphatic carbocycles. The highest BCUT2D eigenvalue weighted by molar-refractivity contribution is 7.89. The molecule has 0 bridgehead atoms. The molecule has 0 radical (unpaired) electrons. The molecular formula is C24H31N3O6S2. The Labute approximate surface area is 207 Å². The number of hydrogen-bond acceptors (Lipinski definition) is 6. The standard InChI is InChI=1S/C24H31N3O6S2/c1-33-22-11-8-20(18-23(22)35(31,32)27-16-4-5-17-27)24(28)25-13-12-19-6-9-21(10-7-19)34(29,30)26-14-2-3-15-26/h6-11,18H,2-5,12-17H2,1H3,(H,25,28). The predicted molar refractivity (Wildman–Crippen MR) is 131 cm³/mol. The van der Waals surface area contributed by atoms with Crippen LogP contribution in [0.4, 0.5) is 0 Å². The zero-order valence-corrected chi connectivity index (χ0v) is 21.4. The van der Waals surface area contributed by atoms with Crippen LogP contribution in [0, 0.1) is 0 Å². The summed E-state index contributed by atoms with van der Waals surface area (Å²) < 4.78 is 59.5. The van der Waals surface area contributed by atoms with E-state index in [0.717, 1.165) is 31.2 Å². The van der Waals surface area contributed by atoms with E-state index in [0.29, 0.717) is 39.1 Å². The van der Waals surface area contributed by atoms with Crippen molar-refractivity contribution in [2.24, 2.45) is 0 Å². The zero-order chi connectivity index (χ0) is 25.1. The summed E-state index contributed by atoms with van der Waals surface area (Å²) in [5.74, 6) is -0.184. The molecule has 4 rings (SSSR count). The SMILES string of the molecule is COc1ccc(C(=O)NCCc2ccc(S(=O)(=O)N3CCCC3)cc2)cc1S(=O)(=O)N1CCCC1. The van der Waals surface area contributed by atoms with E-state index in [2.05, 4.69) is 5.32 Å². The third-order valence-electron chi connectivity index (χ3n) is 6.43. The van der Waals surface area contributed by atoms with Crippen molar-refractivity contribution in [2.45, 2.75) is 41.9 Å². The monoisotopic (exact) mass is 521 g/mol. The Hall–Kier alpha value is -2.47. The summed E-state index contributed by atoms with van der Waals surface area (Å²) in [6.45, 7) is 2.35. The molecule has 2 fully saturated rings. The van der Waals surface area contributed by atoms with Crippen LogP contribution in [0.1, 0.15) is 41.6 Å². The molecule has 2 aliphatic heterocycles. The molecule has 2 aliphatic rings. The normalized spacial score (nSPS) is 17.5. The fourth-order valence-electron chi connectivity index (χ4n) is 4.42. The number of amides is 1. The molecule has 0 unspecified atom stereocenters. The molecule has 2 saturated heterocycles. The van der Waals surface area contributed by atoms with E-state index >= 15 is 0 Å². The van der Waals surface area contributed by atoms with Gasteiger partial charge >= 0.3 is 0 Å². The van der Waals surface area contributed by atoms with Crippen molar-refractivity contribution in [3.8, 4) is 5.75 Å². The highest BCUT2D eigenvalue weighted by Crippen LogP contribution is 2.30. The number of nitrogens with zero attached hydrogens (tertiary/aromatic N) is 2. The number of ether oxygens (including phenoxy) is 1. The predicted octanol–water partition coefficient (Wildman–Crippen LogP) is 2.24. The Bertz CT molecular complexity index is 1260. The van der Waals surface area contributed by atoms with Gasteiger partial charge in [-0.15, -0.1) is 0 Å². The van der Waals surface area contributed by atoms with Gasteiger partial charge in [-0.2, -0.15) is 8.61 Å². The molecule has 1 N–H and O–H groups in total. The maximum Gasteiger partial charge on any atom is 0.251 e. The fraction of sp³-hybridized carbons (Fsp3) is 0.458. The number of sulfonamides is 2. The number of hydrogen-bond donors (Lipinski definition) is 1. The van der Waals surface area contributed by atoms with Crippen LogP contribution in [0.5, 0.6) is 5.75 Å². The van der Waals surface area contributed by atoms with Crippen molar-refractivity contribution in [1.29, 1.82) is 0 Å². The summed E-state index contributed by atoms with van der Waals surface area (Å²) in [6.07, 6.45) is 3.90. The number of methoxy groups -OCH3 is 1. The lowest BCUT2D eigenvalue weighted by molar-refractivity contribution is 0.0954. The number of carbonyl (C=O) groups is 1. The smallest absolute Gasteiger partial charge is 0.251 e. The molecule has 35 heavy (non-hydrogen) atoms. The number of benzene rings is 2. The van der Waals surface area contributed by atoms with Gasteiger partial charge in [0.15, 0.2) is 0 Å². The molecule has 0 spiro atoms. The minimum absolute atomic E-state index is 0.00986. The average Bonchev–Trinajstić information content (AvgIpc) is 3.59. The summed E-state index contributed by atoms with van der Waals surface area (Å²) in [5, 5.41) is 2.81. The average molecular weight is 522 g/mol. The third-order valence-corrected chi connectivity index (χ3v) is 10.3. The molecule has 2 aromatic carbocycles. The maximum atomic E-state index is 13.0. The van der Waals surface area contributed by atoms with Crippen LogP contribution in [0.3, 0.4) is 0 Å². The first-order chi connectivity index (χ1) is 16.7. The first-order valence-electron chi connectivity index (χ1n) is 11.8. The first kappa shape index (κ1) is 25.6. The first-order valence-corrected chi connectivity index (χ1v) is 14.7. The molecule has 1 amide bonds. The van der Waals surface area contributed by atoms with E-state index < -0.39 is 26.0 Å². The molecule has 0 saturated carbocycles. The molecule has 2 heterocycles.